The Labute approximate surface area is 292 Å². The highest BCUT2D eigenvalue weighted by molar-refractivity contribution is 5.98. The zero-order chi connectivity index (χ0) is 37.1. The van der Waals surface area contributed by atoms with Crippen LogP contribution in [0.15, 0.2) is 65.2 Å². The van der Waals surface area contributed by atoms with Gasteiger partial charge >= 0.3 is 12.1 Å². The largest absolute Gasteiger partial charge is 0.463 e. The highest BCUT2D eigenvalue weighted by atomic mass is 19.4. The van der Waals surface area contributed by atoms with Gasteiger partial charge in [-0.15, -0.1) is 0 Å². The summed E-state index contributed by atoms with van der Waals surface area (Å²) in [6.07, 6.45) is -0.648. The summed E-state index contributed by atoms with van der Waals surface area (Å²) in [6, 6.07) is 9.92. The molecule has 0 saturated carbocycles. The molecule has 4 rings (SSSR count). The van der Waals surface area contributed by atoms with Crippen LogP contribution in [0, 0.1) is 11.8 Å². The van der Waals surface area contributed by atoms with Gasteiger partial charge < -0.3 is 30.5 Å². The highest BCUT2D eigenvalue weighted by Gasteiger charge is 2.37. The quantitative estimate of drug-likeness (QED) is 0.134. The van der Waals surface area contributed by atoms with Gasteiger partial charge in [0.15, 0.2) is 5.69 Å². The monoisotopic (exact) mass is 713 g/mol. The Morgan fingerprint density at radius 3 is 2.45 bits per heavy atom. The van der Waals surface area contributed by atoms with Crippen LogP contribution in [0.1, 0.15) is 68.3 Å². The van der Waals surface area contributed by atoms with Gasteiger partial charge in [0.2, 0.25) is 23.5 Å². The summed E-state index contributed by atoms with van der Waals surface area (Å²) in [6.45, 7) is 6.02. The van der Waals surface area contributed by atoms with E-state index in [9.17, 15) is 37.1 Å². The minimum absolute atomic E-state index is 0.0827. The fraction of sp³-hybridized carbons (Fsp3) is 0.444. The van der Waals surface area contributed by atoms with Crippen LogP contribution in [0.4, 0.5) is 13.2 Å². The summed E-state index contributed by atoms with van der Waals surface area (Å²) >= 11 is 0. The molecule has 3 aromatic rings. The van der Waals surface area contributed by atoms with Gasteiger partial charge in [0.1, 0.15) is 12.1 Å². The van der Waals surface area contributed by atoms with Crippen LogP contribution in [-0.2, 0) is 36.5 Å². The van der Waals surface area contributed by atoms with Gasteiger partial charge in [0, 0.05) is 37.1 Å². The number of hydrogen-bond donors (Lipinski definition) is 4. The van der Waals surface area contributed by atoms with Crippen LogP contribution in [0.3, 0.4) is 0 Å². The van der Waals surface area contributed by atoms with Gasteiger partial charge in [-0.2, -0.15) is 13.2 Å². The summed E-state index contributed by atoms with van der Waals surface area (Å²) in [7, 11) is 0. The fourth-order valence-electron chi connectivity index (χ4n) is 5.84. The molecule has 2 aromatic carbocycles. The van der Waals surface area contributed by atoms with Crippen LogP contribution in [0.25, 0.3) is 10.8 Å². The standard InChI is InChI=1S/C36H42F3N5O7/c1-4-50-31(45)15-14-25(18-24-12-8-16-40-32(24)46)41-33(47)27(17-21(2)3)42-34(48)28(19-23-11-7-10-22-9-5-6-13-26(22)23)43-35(49)29-20-30(51-44-29)36(37,38)39/h5-7,9-11,13-15,20-21,24-25,27-28H,4,8,12,16-19H2,1-3H3,(H,40,46)(H,41,47)(H,42,48)(H,43,49)/b15-14+/t24-,25+,27-,28?/m0/s1. The second-order valence-electron chi connectivity index (χ2n) is 12.7. The zero-order valence-corrected chi connectivity index (χ0v) is 28.5. The summed E-state index contributed by atoms with van der Waals surface area (Å²) in [5.41, 5.74) is -0.0260. The lowest BCUT2D eigenvalue weighted by Gasteiger charge is -2.28. The molecule has 2 heterocycles. The lowest BCUT2D eigenvalue weighted by molar-refractivity contribution is -0.155. The molecule has 51 heavy (non-hydrogen) atoms. The number of nitrogens with zero attached hydrogens (tertiary/aromatic N) is 1. The number of halogens is 3. The minimum Gasteiger partial charge on any atom is -0.463 e. The fourth-order valence-corrected chi connectivity index (χ4v) is 5.84. The van der Waals surface area contributed by atoms with Crippen molar-refractivity contribution in [1.29, 1.82) is 0 Å². The molecule has 1 unspecified atom stereocenters. The topological polar surface area (TPSA) is 169 Å². The molecule has 274 valence electrons. The van der Waals surface area contributed by atoms with E-state index >= 15 is 0 Å². The molecule has 4 amide bonds. The molecule has 0 aliphatic carbocycles. The molecule has 1 aliphatic heterocycles. The minimum atomic E-state index is -4.88. The molecule has 1 aliphatic rings. The summed E-state index contributed by atoms with van der Waals surface area (Å²) in [5.74, 6) is -5.26. The summed E-state index contributed by atoms with van der Waals surface area (Å²) in [4.78, 5) is 65.6. The number of piperidine rings is 1. The molecule has 0 bridgehead atoms. The van der Waals surface area contributed by atoms with Gasteiger partial charge in [-0.25, -0.2) is 4.79 Å². The number of carbonyl (C=O) groups is 5. The van der Waals surface area contributed by atoms with E-state index in [-0.39, 0.29) is 37.7 Å². The van der Waals surface area contributed by atoms with E-state index in [2.05, 4.69) is 30.9 Å². The first-order valence-corrected chi connectivity index (χ1v) is 16.8. The maximum absolute atomic E-state index is 14.0. The van der Waals surface area contributed by atoms with Crippen molar-refractivity contribution in [3.63, 3.8) is 0 Å². The normalized spacial score (nSPS) is 16.7. The number of benzene rings is 2. The van der Waals surface area contributed by atoms with Gasteiger partial charge in [-0.1, -0.05) is 67.5 Å². The lowest BCUT2D eigenvalue weighted by Crippen LogP contribution is -2.56. The van der Waals surface area contributed by atoms with E-state index < -0.39 is 65.4 Å². The molecule has 15 heteroatoms. The maximum Gasteiger partial charge on any atom is 0.452 e. The number of rotatable bonds is 15. The number of ether oxygens (including phenoxy) is 1. The number of fused-ring (bicyclic) bond motifs is 1. The highest BCUT2D eigenvalue weighted by Crippen LogP contribution is 2.29. The molecule has 0 spiro atoms. The van der Waals surface area contributed by atoms with E-state index in [0.717, 1.165) is 17.2 Å². The molecular weight excluding hydrogens is 671 g/mol. The average Bonchev–Trinajstić information content (AvgIpc) is 3.59. The van der Waals surface area contributed by atoms with Crippen molar-refractivity contribution in [1.82, 2.24) is 26.4 Å². The number of carbonyl (C=O) groups excluding carboxylic acids is 5. The number of hydrogen-bond acceptors (Lipinski definition) is 8. The van der Waals surface area contributed by atoms with Crippen LogP contribution in [0.5, 0.6) is 0 Å². The van der Waals surface area contributed by atoms with E-state index in [1.807, 2.05) is 38.1 Å². The molecular formula is C36H42F3N5O7. The average molecular weight is 714 g/mol. The number of aromatic nitrogens is 1. The SMILES string of the molecule is CCOC(=O)/C=C/[C@H](C[C@@H]1CCCNC1=O)NC(=O)[C@H](CC(C)C)NC(=O)C(Cc1cccc2ccccc12)NC(=O)c1cc(C(F)(F)F)on1. The zero-order valence-electron chi connectivity index (χ0n) is 28.5. The second kappa shape index (κ2) is 17.6. The number of amides is 4. The summed E-state index contributed by atoms with van der Waals surface area (Å²) < 4.78 is 48.8. The van der Waals surface area contributed by atoms with Crippen molar-refractivity contribution >= 4 is 40.4 Å². The van der Waals surface area contributed by atoms with E-state index in [1.54, 1.807) is 25.1 Å². The maximum atomic E-state index is 14.0. The van der Waals surface area contributed by atoms with E-state index in [1.165, 1.54) is 12.2 Å². The van der Waals surface area contributed by atoms with Gasteiger partial charge in [-0.3, -0.25) is 19.2 Å². The first-order chi connectivity index (χ1) is 24.2. The van der Waals surface area contributed by atoms with Crippen molar-refractivity contribution in [3.8, 4) is 0 Å². The van der Waals surface area contributed by atoms with Crippen molar-refractivity contribution < 1.29 is 46.4 Å². The van der Waals surface area contributed by atoms with Crippen LogP contribution < -0.4 is 21.3 Å². The van der Waals surface area contributed by atoms with Crippen molar-refractivity contribution in [2.75, 3.05) is 13.2 Å². The van der Waals surface area contributed by atoms with E-state index in [0.29, 0.717) is 24.6 Å². The Balaban J connectivity index is 1.60. The molecule has 0 radical (unpaired) electrons. The van der Waals surface area contributed by atoms with Gasteiger partial charge in [-0.05, 0) is 54.9 Å². The van der Waals surface area contributed by atoms with Gasteiger partial charge in [0.05, 0.1) is 6.61 Å². The number of nitrogens with one attached hydrogen (secondary N) is 4. The molecule has 1 saturated heterocycles. The van der Waals surface area contributed by atoms with Gasteiger partial charge in [0.25, 0.3) is 5.91 Å². The Bertz CT molecular complexity index is 1730. The van der Waals surface area contributed by atoms with Crippen LogP contribution in [-0.4, -0.2) is 66.0 Å². The predicted octanol–water partition coefficient (Wildman–Crippen LogP) is 4.24. The molecule has 4 atom stereocenters. The summed E-state index contributed by atoms with van der Waals surface area (Å²) in [5, 5.41) is 15.7. The number of esters is 1. The smallest absolute Gasteiger partial charge is 0.452 e. The van der Waals surface area contributed by atoms with E-state index in [4.69, 9.17) is 4.74 Å². The third kappa shape index (κ3) is 11.1. The Morgan fingerprint density at radius 1 is 1.04 bits per heavy atom. The molecule has 4 N–H and O–H groups in total. The first kappa shape index (κ1) is 38.6. The third-order valence-electron chi connectivity index (χ3n) is 8.30. The Morgan fingerprint density at radius 2 is 1.76 bits per heavy atom. The lowest BCUT2D eigenvalue weighted by atomic mass is 9.91. The van der Waals surface area contributed by atoms with Crippen molar-refractivity contribution in [2.45, 2.75) is 77.2 Å². The Kier molecular flexibility index (Phi) is 13.3. The molecule has 1 aromatic heterocycles. The molecule has 1 fully saturated rings. The first-order valence-electron chi connectivity index (χ1n) is 16.8. The van der Waals surface area contributed by atoms with Crippen molar-refractivity contribution in [3.05, 3.63) is 77.7 Å². The predicted molar refractivity (Wildman–Crippen MR) is 180 cm³/mol. The third-order valence-corrected chi connectivity index (χ3v) is 8.30. The van der Waals surface area contributed by atoms with Crippen LogP contribution in [0.2, 0.25) is 0 Å². The molecule has 12 nitrogen and oxygen atoms in total. The van der Waals surface area contributed by atoms with Crippen LogP contribution >= 0.6 is 0 Å². The Hall–Kier alpha value is -5.21. The second-order valence-corrected chi connectivity index (χ2v) is 12.7. The van der Waals surface area contributed by atoms with Crippen molar-refractivity contribution in [2.24, 2.45) is 11.8 Å². The number of alkyl halides is 3.